The highest BCUT2D eigenvalue weighted by atomic mass is 79.9. The molecule has 0 bridgehead atoms. The number of amides is 2. The van der Waals surface area contributed by atoms with Crippen LogP contribution in [0.3, 0.4) is 0 Å². The zero-order chi connectivity index (χ0) is 14.6. The fourth-order valence-corrected chi connectivity index (χ4v) is 3.94. The second-order valence-electron chi connectivity index (χ2n) is 4.99. The molecule has 1 saturated carbocycles. The van der Waals surface area contributed by atoms with Gasteiger partial charge in [-0.15, -0.1) is 11.3 Å². The van der Waals surface area contributed by atoms with Crippen LogP contribution in [0.25, 0.3) is 0 Å². The van der Waals surface area contributed by atoms with Gasteiger partial charge in [0, 0.05) is 23.4 Å². The number of urea groups is 1. The lowest BCUT2D eigenvalue weighted by molar-refractivity contribution is -0.136. The maximum absolute atomic E-state index is 11.6. The summed E-state index contributed by atoms with van der Waals surface area (Å²) in [5, 5.41) is 13.9. The summed E-state index contributed by atoms with van der Waals surface area (Å²) in [6.07, 6.45) is 3.28. The number of halogens is 1. The Labute approximate surface area is 129 Å². The van der Waals surface area contributed by atoms with Crippen molar-refractivity contribution in [1.29, 1.82) is 0 Å². The monoisotopic (exact) mass is 360 g/mol. The summed E-state index contributed by atoms with van der Waals surface area (Å²) in [5.74, 6) is -0.913. The van der Waals surface area contributed by atoms with Gasteiger partial charge < -0.3 is 15.7 Å². The average molecular weight is 361 g/mol. The van der Waals surface area contributed by atoms with E-state index >= 15 is 0 Å². The van der Waals surface area contributed by atoms with E-state index in [0.29, 0.717) is 6.54 Å². The molecule has 2 rings (SSSR count). The number of hydrogen-bond donors (Lipinski definition) is 3. The highest BCUT2D eigenvalue weighted by Crippen LogP contribution is 2.46. The van der Waals surface area contributed by atoms with Crippen LogP contribution >= 0.6 is 27.3 Å². The van der Waals surface area contributed by atoms with Gasteiger partial charge >= 0.3 is 12.0 Å². The molecule has 0 atom stereocenters. The van der Waals surface area contributed by atoms with E-state index in [2.05, 4.69) is 32.6 Å². The van der Waals surface area contributed by atoms with Crippen molar-refractivity contribution in [2.75, 3.05) is 13.1 Å². The van der Waals surface area contributed by atoms with Crippen LogP contribution in [-0.4, -0.2) is 30.2 Å². The van der Waals surface area contributed by atoms with E-state index in [1.807, 2.05) is 6.07 Å². The Balaban J connectivity index is 1.82. The number of carboxylic acid groups (broad SMARTS) is 1. The van der Waals surface area contributed by atoms with Crippen LogP contribution in [0.15, 0.2) is 15.9 Å². The van der Waals surface area contributed by atoms with Gasteiger partial charge in [0.1, 0.15) is 0 Å². The maximum atomic E-state index is 11.6. The second-order valence-corrected chi connectivity index (χ2v) is 7.45. The van der Waals surface area contributed by atoms with Crippen LogP contribution in [-0.2, 0) is 10.2 Å². The SMILES string of the molecule is O=C(O)CCNC(=O)NCC1(c2ccc(Br)s2)CCC1. The van der Waals surface area contributed by atoms with Crippen molar-refractivity contribution in [3.8, 4) is 0 Å². The van der Waals surface area contributed by atoms with Crippen LogP contribution in [0.2, 0.25) is 0 Å². The van der Waals surface area contributed by atoms with E-state index in [0.717, 1.165) is 16.6 Å². The van der Waals surface area contributed by atoms with Crippen LogP contribution < -0.4 is 10.6 Å². The number of carboxylic acids is 1. The van der Waals surface area contributed by atoms with E-state index in [1.54, 1.807) is 11.3 Å². The van der Waals surface area contributed by atoms with E-state index in [1.165, 1.54) is 11.3 Å². The summed E-state index contributed by atoms with van der Waals surface area (Å²) in [6.45, 7) is 0.748. The number of thiophene rings is 1. The van der Waals surface area contributed by atoms with E-state index in [-0.39, 0.29) is 24.4 Å². The van der Waals surface area contributed by atoms with Crippen molar-refractivity contribution in [3.63, 3.8) is 0 Å². The summed E-state index contributed by atoms with van der Waals surface area (Å²) < 4.78 is 1.10. The van der Waals surface area contributed by atoms with Crippen molar-refractivity contribution >= 4 is 39.3 Å². The molecular weight excluding hydrogens is 344 g/mol. The van der Waals surface area contributed by atoms with Crippen LogP contribution in [0.5, 0.6) is 0 Å². The molecule has 0 saturated heterocycles. The molecule has 1 fully saturated rings. The first-order chi connectivity index (χ1) is 9.52. The lowest BCUT2D eigenvalue weighted by atomic mass is 9.68. The normalized spacial score (nSPS) is 16.2. The van der Waals surface area contributed by atoms with Crippen molar-refractivity contribution < 1.29 is 14.7 Å². The molecule has 20 heavy (non-hydrogen) atoms. The number of aliphatic carboxylic acids is 1. The summed E-state index contributed by atoms with van der Waals surface area (Å²) in [5.41, 5.74) is 0.0564. The molecule has 0 aromatic carbocycles. The molecule has 0 spiro atoms. The lowest BCUT2D eigenvalue weighted by Crippen LogP contribution is -2.48. The third-order valence-corrected chi connectivity index (χ3v) is 5.49. The highest BCUT2D eigenvalue weighted by molar-refractivity contribution is 9.11. The Hall–Kier alpha value is -1.08. The third-order valence-electron chi connectivity index (χ3n) is 3.62. The molecule has 110 valence electrons. The van der Waals surface area contributed by atoms with Gasteiger partial charge in [-0.05, 0) is 40.9 Å². The lowest BCUT2D eigenvalue weighted by Gasteiger charge is -2.41. The Morgan fingerprint density at radius 3 is 2.60 bits per heavy atom. The summed E-state index contributed by atoms with van der Waals surface area (Å²) in [4.78, 5) is 23.3. The number of carbonyl (C=O) groups is 2. The minimum Gasteiger partial charge on any atom is -0.481 e. The topological polar surface area (TPSA) is 78.4 Å². The first-order valence-electron chi connectivity index (χ1n) is 6.51. The van der Waals surface area contributed by atoms with Gasteiger partial charge in [-0.1, -0.05) is 6.42 Å². The predicted octanol–water partition coefficient (Wildman–Crippen LogP) is 2.71. The van der Waals surface area contributed by atoms with Gasteiger partial charge in [-0.2, -0.15) is 0 Å². The van der Waals surface area contributed by atoms with E-state index in [4.69, 9.17) is 5.11 Å². The standard InChI is InChI=1S/C13H17BrN2O3S/c14-10-3-2-9(20-10)13(5-1-6-13)8-16-12(19)15-7-4-11(17)18/h2-3H,1,4-8H2,(H,17,18)(H2,15,16,19). The molecule has 5 nitrogen and oxygen atoms in total. The van der Waals surface area contributed by atoms with Crippen molar-refractivity contribution in [2.45, 2.75) is 31.1 Å². The largest absolute Gasteiger partial charge is 0.481 e. The third kappa shape index (κ3) is 3.73. The van der Waals surface area contributed by atoms with Crippen molar-refractivity contribution in [2.24, 2.45) is 0 Å². The smallest absolute Gasteiger partial charge is 0.314 e. The highest BCUT2D eigenvalue weighted by Gasteiger charge is 2.40. The molecule has 1 aliphatic rings. The second kappa shape index (κ2) is 6.58. The molecule has 1 aromatic heterocycles. The number of hydrogen-bond acceptors (Lipinski definition) is 3. The fraction of sp³-hybridized carbons (Fsp3) is 0.538. The zero-order valence-electron chi connectivity index (χ0n) is 10.9. The molecule has 0 radical (unpaired) electrons. The number of carbonyl (C=O) groups excluding carboxylic acids is 1. The van der Waals surface area contributed by atoms with Gasteiger partial charge in [0.05, 0.1) is 10.2 Å². The van der Waals surface area contributed by atoms with Crippen molar-refractivity contribution in [3.05, 3.63) is 20.8 Å². The van der Waals surface area contributed by atoms with Gasteiger partial charge in [0.15, 0.2) is 0 Å². The molecule has 0 aliphatic heterocycles. The summed E-state index contributed by atoms with van der Waals surface area (Å²) >= 11 is 5.18. The quantitative estimate of drug-likeness (QED) is 0.729. The molecule has 0 unspecified atom stereocenters. The average Bonchev–Trinajstić information content (AvgIpc) is 2.74. The van der Waals surface area contributed by atoms with Crippen LogP contribution in [0.1, 0.15) is 30.6 Å². The summed E-state index contributed by atoms with van der Waals surface area (Å²) in [6, 6.07) is 3.85. The first-order valence-corrected chi connectivity index (χ1v) is 8.12. The minimum absolute atomic E-state index is 0.0564. The van der Waals surface area contributed by atoms with Crippen LogP contribution in [0.4, 0.5) is 4.79 Å². The zero-order valence-corrected chi connectivity index (χ0v) is 13.3. The Kier molecular flexibility index (Phi) is 5.04. The van der Waals surface area contributed by atoms with Gasteiger partial charge in [0.25, 0.3) is 0 Å². The van der Waals surface area contributed by atoms with E-state index in [9.17, 15) is 9.59 Å². The molecule has 7 heteroatoms. The predicted molar refractivity (Wildman–Crippen MR) is 81.2 cm³/mol. The van der Waals surface area contributed by atoms with Gasteiger partial charge in [0.2, 0.25) is 0 Å². The van der Waals surface area contributed by atoms with Gasteiger partial charge in [-0.3, -0.25) is 4.79 Å². The minimum atomic E-state index is -0.913. The Bertz CT molecular complexity index is 500. The molecular formula is C13H17BrN2O3S. The number of rotatable bonds is 6. The van der Waals surface area contributed by atoms with Crippen LogP contribution in [0, 0.1) is 0 Å². The van der Waals surface area contributed by atoms with E-state index < -0.39 is 5.97 Å². The molecule has 1 aliphatic carbocycles. The molecule has 1 aromatic rings. The molecule has 1 heterocycles. The maximum Gasteiger partial charge on any atom is 0.314 e. The van der Waals surface area contributed by atoms with Crippen molar-refractivity contribution in [1.82, 2.24) is 10.6 Å². The molecule has 2 amide bonds. The Morgan fingerprint density at radius 2 is 2.10 bits per heavy atom. The Morgan fingerprint density at radius 1 is 1.35 bits per heavy atom. The first kappa shape index (κ1) is 15.3. The van der Waals surface area contributed by atoms with Gasteiger partial charge in [-0.25, -0.2) is 4.79 Å². The fourth-order valence-electron chi connectivity index (χ4n) is 2.31. The number of nitrogens with one attached hydrogen (secondary N) is 2. The molecule has 3 N–H and O–H groups in total. The summed E-state index contributed by atoms with van der Waals surface area (Å²) in [7, 11) is 0.